The maximum Gasteiger partial charge on any atom is 0.315 e. The minimum absolute atomic E-state index is 0.0616. The van der Waals surface area contributed by atoms with E-state index < -0.39 is 22.4 Å². The molecule has 6 rings (SSSR count). The summed E-state index contributed by atoms with van der Waals surface area (Å²) in [6.45, 7) is 0. The van der Waals surface area contributed by atoms with Crippen molar-refractivity contribution in [3.8, 4) is 23.0 Å². The molecule has 0 unspecified atom stereocenters. The van der Waals surface area contributed by atoms with Gasteiger partial charge < -0.3 is 19.3 Å². The van der Waals surface area contributed by atoms with Crippen LogP contribution < -0.4 is 29.1 Å². The molecule has 0 saturated carbocycles. The van der Waals surface area contributed by atoms with E-state index in [9.17, 15) is 20.0 Å². The highest BCUT2D eigenvalue weighted by Crippen LogP contribution is 2.43. The molecule has 2 aliphatic rings. The summed E-state index contributed by atoms with van der Waals surface area (Å²) in [7, 11) is 4.45. The van der Waals surface area contributed by atoms with Gasteiger partial charge in [-0.1, -0.05) is 41.7 Å². The van der Waals surface area contributed by atoms with Crippen molar-refractivity contribution < 1.29 is 24.2 Å². The highest BCUT2D eigenvalue weighted by Gasteiger charge is 2.33. The number of rotatable bonds is 6. The van der Waals surface area contributed by atoms with Crippen molar-refractivity contribution in [2.45, 2.75) is 18.9 Å². The molecular weight excluding hydrogens is 546 g/mol. The van der Waals surface area contributed by atoms with Crippen LogP contribution in [0.15, 0.2) is 70.0 Å². The number of nitrogens with zero attached hydrogens (tertiary/aromatic N) is 3. The molecule has 1 aliphatic heterocycles. The Bertz CT molecular complexity index is 1940. The standard InChI is InChI=1S/C30H25N3O7S/c1-38-22-11-9-18(15-23(22)39-2)27-20-10-8-17-6-4-5-7-19(17)26(20)31-30-32(27)29(35)25(41-30)14-16-12-21(33(36)37)28(34)24(13-16)40-3/h4-7,9,11-15,27,34H,8,10H2,1-3H3/b25-14-/t27-/m0/s1. The maximum atomic E-state index is 14.0. The van der Waals surface area contributed by atoms with Gasteiger partial charge in [-0.25, -0.2) is 4.99 Å². The number of allylic oxidation sites excluding steroid dienone is 1. The van der Waals surface area contributed by atoms with E-state index in [0.717, 1.165) is 35.2 Å². The number of hydrogen-bond donors (Lipinski definition) is 1. The summed E-state index contributed by atoms with van der Waals surface area (Å²) in [6.07, 6.45) is 3.09. The number of hydrogen-bond acceptors (Lipinski definition) is 9. The van der Waals surface area contributed by atoms with Gasteiger partial charge in [-0.2, -0.15) is 0 Å². The lowest BCUT2D eigenvalue weighted by atomic mass is 9.83. The predicted molar refractivity (Wildman–Crippen MR) is 154 cm³/mol. The number of nitro groups is 1. The molecule has 1 N–H and O–H groups in total. The molecular formula is C30H25N3O7S. The molecule has 41 heavy (non-hydrogen) atoms. The van der Waals surface area contributed by atoms with E-state index in [4.69, 9.17) is 19.2 Å². The number of aromatic nitrogens is 1. The molecule has 11 heteroatoms. The van der Waals surface area contributed by atoms with Crippen LogP contribution in [0.4, 0.5) is 5.69 Å². The summed E-state index contributed by atoms with van der Waals surface area (Å²) in [6, 6.07) is 16.0. The summed E-state index contributed by atoms with van der Waals surface area (Å²) in [4.78, 5) is 30.4. The van der Waals surface area contributed by atoms with Crippen LogP contribution >= 0.6 is 11.3 Å². The van der Waals surface area contributed by atoms with Crippen LogP contribution in [0.1, 0.15) is 34.7 Å². The van der Waals surface area contributed by atoms with E-state index in [1.807, 2.05) is 30.3 Å². The molecule has 1 aliphatic carbocycles. The number of ether oxygens (including phenoxy) is 3. The van der Waals surface area contributed by atoms with E-state index in [0.29, 0.717) is 26.4 Å². The minimum atomic E-state index is -0.695. The lowest BCUT2D eigenvalue weighted by molar-refractivity contribution is -0.386. The van der Waals surface area contributed by atoms with Crippen molar-refractivity contribution in [3.05, 3.63) is 112 Å². The molecule has 0 radical (unpaired) electrons. The first kappa shape index (κ1) is 26.3. The van der Waals surface area contributed by atoms with Gasteiger partial charge in [0.2, 0.25) is 5.75 Å². The smallest absolute Gasteiger partial charge is 0.315 e. The second-order valence-electron chi connectivity index (χ2n) is 9.58. The number of nitro benzene ring substituents is 1. The third-order valence-corrected chi connectivity index (χ3v) is 8.37. The van der Waals surface area contributed by atoms with Crippen LogP contribution in [-0.2, 0) is 6.42 Å². The molecule has 0 fully saturated rings. The number of phenolic OH excluding ortho intramolecular Hbond substituents is 1. The van der Waals surface area contributed by atoms with Crippen LogP contribution in [0.5, 0.6) is 23.0 Å². The zero-order chi connectivity index (χ0) is 28.8. The third kappa shape index (κ3) is 4.34. The van der Waals surface area contributed by atoms with Gasteiger partial charge in [0.05, 0.1) is 42.5 Å². The normalized spacial score (nSPS) is 15.9. The molecule has 0 saturated heterocycles. The molecule has 4 aromatic rings. The summed E-state index contributed by atoms with van der Waals surface area (Å²) in [5.41, 5.74) is 4.50. The van der Waals surface area contributed by atoms with Crippen molar-refractivity contribution >= 4 is 28.8 Å². The highest BCUT2D eigenvalue weighted by atomic mass is 32.1. The van der Waals surface area contributed by atoms with E-state index in [1.165, 1.54) is 36.1 Å². The van der Waals surface area contributed by atoms with E-state index >= 15 is 0 Å². The van der Waals surface area contributed by atoms with Crippen molar-refractivity contribution in [3.63, 3.8) is 0 Å². The molecule has 0 spiro atoms. The van der Waals surface area contributed by atoms with Crippen LogP contribution in [0.25, 0.3) is 11.8 Å². The highest BCUT2D eigenvalue weighted by molar-refractivity contribution is 7.07. The largest absolute Gasteiger partial charge is 0.500 e. The molecule has 3 aromatic carbocycles. The average molecular weight is 572 g/mol. The first-order chi connectivity index (χ1) is 19.8. The molecule has 1 aromatic heterocycles. The minimum Gasteiger partial charge on any atom is -0.500 e. The van der Waals surface area contributed by atoms with Crippen molar-refractivity contribution in [2.75, 3.05) is 21.3 Å². The monoisotopic (exact) mass is 571 g/mol. The fraction of sp³-hybridized carbons (Fsp3) is 0.200. The van der Waals surface area contributed by atoms with E-state index in [2.05, 4.69) is 12.1 Å². The lowest BCUT2D eigenvalue weighted by Crippen LogP contribution is -2.38. The fourth-order valence-electron chi connectivity index (χ4n) is 5.49. The summed E-state index contributed by atoms with van der Waals surface area (Å²) in [5, 5.41) is 21.7. The van der Waals surface area contributed by atoms with E-state index in [-0.39, 0.29) is 11.3 Å². The number of benzene rings is 3. The Balaban J connectivity index is 1.61. The molecule has 2 heterocycles. The molecule has 208 valence electrons. The molecule has 0 amide bonds. The summed E-state index contributed by atoms with van der Waals surface area (Å²) >= 11 is 1.20. The average Bonchev–Trinajstić information content (AvgIpc) is 3.30. The van der Waals surface area contributed by atoms with Gasteiger partial charge in [0.1, 0.15) is 0 Å². The Morgan fingerprint density at radius 1 is 1.02 bits per heavy atom. The number of fused-ring (bicyclic) bond motifs is 3. The first-order valence-corrected chi connectivity index (χ1v) is 13.6. The van der Waals surface area contributed by atoms with E-state index in [1.54, 1.807) is 24.9 Å². The maximum absolute atomic E-state index is 14.0. The summed E-state index contributed by atoms with van der Waals surface area (Å²) < 4.78 is 18.2. The van der Waals surface area contributed by atoms with Gasteiger partial charge in [0, 0.05) is 11.6 Å². The zero-order valence-corrected chi connectivity index (χ0v) is 23.2. The molecule has 0 bridgehead atoms. The van der Waals surface area contributed by atoms with Gasteiger partial charge in [0.25, 0.3) is 5.56 Å². The second kappa shape index (κ2) is 10.3. The fourth-order valence-corrected chi connectivity index (χ4v) is 6.49. The van der Waals surface area contributed by atoms with Crippen molar-refractivity contribution in [2.24, 2.45) is 4.99 Å². The Hall–Kier alpha value is -4.90. The van der Waals surface area contributed by atoms with Gasteiger partial charge in [-0.15, -0.1) is 0 Å². The predicted octanol–water partition coefficient (Wildman–Crippen LogP) is 3.96. The number of aryl methyl sites for hydroxylation is 1. The Labute approximate surface area is 237 Å². The van der Waals surface area contributed by atoms with Gasteiger partial charge >= 0.3 is 5.69 Å². The number of phenols is 1. The molecule has 10 nitrogen and oxygen atoms in total. The number of methoxy groups -OCH3 is 3. The quantitative estimate of drug-likeness (QED) is 0.274. The SMILES string of the molecule is COc1ccc([C@H]2C3=C(N=c4s/c(=C\c5cc(OC)c(O)c([N+](=O)[O-])c5)c(=O)n42)c2ccccc2CC3)cc1OC. The number of aromatic hydroxyl groups is 1. The zero-order valence-electron chi connectivity index (χ0n) is 22.4. The Morgan fingerprint density at radius 3 is 2.51 bits per heavy atom. The molecule has 1 atom stereocenters. The Kier molecular flexibility index (Phi) is 6.58. The van der Waals surface area contributed by atoms with Gasteiger partial charge in [0.15, 0.2) is 22.0 Å². The lowest BCUT2D eigenvalue weighted by Gasteiger charge is -2.31. The second-order valence-corrected chi connectivity index (χ2v) is 10.6. The van der Waals surface area contributed by atoms with Gasteiger partial charge in [-0.3, -0.25) is 19.5 Å². The van der Waals surface area contributed by atoms with Crippen LogP contribution in [0.2, 0.25) is 0 Å². The van der Waals surface area contributed by atoms with Crippen molar-refractivity contribution in [1.29, 1.82) is 0 Å². The van der Waals surface area contributed by atoms with Gasteiger partial charge in [-0.05, 0) is 59.4 Å². The number of thiazole rings is 1. The Morgan fingerprint density at radius 2 is 1.78 bits per heavy atom. The summed E-state index contributed by atoms with van der Waals surface area (Å²) in [5.74, 6) is 0.491. The van der Waals surface area contributed by atoms with Crippen LogP contribution in [-0.4, -0.2) is 35.9 Å². The van der Waals surface area contributed by atoms with Crippen LogP contribution in [0, 0.1) is 10.1 Å². The van der Waals surface area contributed by atoms with Crippen molar-refractivity contribution in [1.82, 2.24) is 4.57 Å². The van der Waals surface area contributed by atoms with Crippen LogP contribution in [0.3, 0.4) is 0 Å². The topological polar surface area (TPSA) is 125 Å². The first-order valence-electron chi connectivity index (χ1n) is 12.7. The third-order valence-electron chi connectivity index (χ3n) is 7.39.